The lowest BCUT2D eigenvalue weighted by Crippen LogP contribution is -2.19. The second kappa shape index (κ2) is 3.92. The molecule has 0 bridgehead atoms. The second-order valence-corrected chi connectivity index (χ2v) is 3.57. The molecule has 0 spiro atoms. The Morgan fingerprint density at radius 3 is 2.75 bits per heavy atom. The first-order valence-corrected chi connectivity index (χ1v) is 4.82. The van der Waals surface area contributed by atoms with Crippen LogP contribution in [0.25, 0.3) is 0 Å². The lowest BCUT2D eigenvalue weighted by atomic mass is 10.2. The minimum absolute atomic E-state index is 0.162. The fraction of sp³-hybridized carbons (Fsp3) is 0.273. The highest BCUT2D eigenvalue weighted by Gasteiger charge is 2.23. The Balaban J connectivity index is 2.40. The van der Waals surface area contributed by atoms with E-state index in [1.165, 1.54) is 24.3 Å². The summed E-state index contributed by atoms with van der Waals surface area (Å²) in [6.45, 7) is 1.76. The van der Waals surface area contributed by atoms with Gasteiger partial charge < -0.3 is 4.74 Å². The summed E-state index contributed by atoms with van der Waals surface area (Å²) < 4.78 is 18.2. The van der Waals surface area contributed by atoms with E-state index in [0.717, 1.165) is 0 Å². The fourth-order valence-electron chi connectivity index (χ4n) is 1.55. The predicted molar refractivity (Wildman–Crippen MR) is 58.2 cm³/mol. The molecule has 1 aromatic rings. The van der Waals surface area contributed by atoms with E-state index in [1.807, 2.05) is 0 Å². The van der Waals surface area contributed by atoms with Crippen LogP contribution in [0.5, 0.6) is 5.75 Å². The van der Waals surface area contributed by atoms with Gasteiger partial charge in [-0.1, -0.05) is 0 Å². The molecule has 0 saturated heterocycles. The molecule has 1 aliphatic heterocycles. The highest BCUT2D eigenvalue weighted by Crippen LogP contribution is 2.26. The number of hydrogen-bond acceptors (Lipinski definition) is 3. The van der Waals surface area contributed by atoms with Crippen molar-refractivity contribution in [2.24, 2.45) is 5.10 Å². The highest BCUT2D eigenvalue weighted by atomic mass is 19.1. The van der Waals surface area contributed by atoms with Crippen LogP contribution in [0.1, 0.15) is 13.3 Å². The van der Waals surface area contributed by atoms with E-state index < -0.39 is 5.82 Å². The van der Waals surface area contributed by atoms with E-state index >= 15 is 0 Å². The van der Waals surface area contributed by atoms with E-state index in [4.69, 9.17) is 4.74 Å². The first-order valence-electron chi connectivity index (χ1n) is 4.82. The molecule has 1 aromatic carbocycles. The van der Waals surface area contributed by atoms with Crippen LogP contribution in [0.3, 0.4) is 0 Å². The van der Waals surface area contributed by atoms with Crippen molar-refractivity contribution in [3.8, 4) is 5.75 Å². The fourth-order valence-corrected chi connectivity index (χ4v) is 1.55. The van der Waals surface area contributed by atoms with Gasteiger partial charge in [0.1, 0.15) is 11.6 Å². The van der Waals surface area contributed by atoms with Crippen LogP contribution in [0, 0.1) is 5.82 Å². The van der Waals surface area contributed by atoms with Gasteiger partial charge in [0.2, 0.25) is 0 Å². The first-order chi connectivity index (χ1) is 7.60. The molecule has 0 saturated carbocycles. The molecule has 1 aliphatic rings. The van der Waals surface area contributed by atoms with E-state index in [1.54, 1.807) is 13.0 Å². The van der Waals surface area contributed by atoms with Crippen LogP contribution in [0.15, 0.2) is 23.3 Å². The zero-order chi connectivity index (χ0) is 11.7. The first kappa shape index (κ1) is 10.6. The molecule has 1 amide bonds. The van der Waals surface area contributed by atoms with Crippen molar-refractivity contribution < 1.29 is 13.9 Å². The zero-order valence-electron chi connectivity index (χ0n) is 9.03. The zero-order valence-corrected chi connectivity index (χ0v) is 9.03. The standard InChI is InChI=1S/C11H11FN2O2/c1-7-3-11(15)14(13-7)9-4-8(12)5-10(6-9)16-2/h4-6H,3H2,1-2H3. The van der Waals surface area contributed by atoms with Gasteiger partial charge in [-0.15, -0.1) is 0 Å². The molecular formula is C11H11FN2O2. The highest BCUT2D eigenvalue weighted by molar-refractivity contribution is 6.12. The lowest BCUT2D eigenvalue weighted by Gasteiger charge is -2.12. The predicted octanol–water partition coefficient (Wildman–Crippen LogP) is 1.95. The SMILES string of the molecule is COc1cc(F)cc(N2N=C(C)CC2=O)c1. The third kappa shape index (κ3) is 1.88. The van der Waals surface area contributed by atoms with Crippen molar-refractivity contribution in [2.45, 2.75) is 13.3 Å². The van der Waals surface area contributed by atoms with Crippen LogP contribution in [-0.4, -0.2) is 18.7 Å². The van der Waals surface area contributed by atoms with Crippen molar-refractivity contribution in [1.29, 1.82) is 0 Å². The number of methoxy groups -OCH3 is 1. The molecule has 1 heterocycles. The van der Waals surface area contributed by atoms with Crippen molar-refractivity contribution in [3.05, 3.63) is 24.0 Å². The Hall–Kier alpha value is -1.91. The van der Waals surface area contributed by atoms with Gasteiger partial charge in [0.15, 0.2) is 0 Å². The van der Waals surface area contributed by atoms with Gasteiger partial charge in [-0.25, -0.2) is 9.40 Å². The number of carbonyl (C=O) groups is 1. The summed E-state index contributed by atoms with van der Waals surface area (Å²) in [6.07, 6.45) is 0.277. The number of anilines is 1. The quantitative estimate of drug-likeness (QED) is 0.767. The lowest BCUT2D eigenvalue weighted by molar-refractivity contribution is -0.116. The van der Waals surface area contributed by atoms with Crippen LogP contribution in [0.4, 0.5) is 10.1 Å². The minimum Gasteiger partial charge on any atom is -0.497 e. The van der Waals surface area contributed by atoms with Gasteiger partial charge in [0, 0.05) is 17.8 Å². The molecule has 0 N–H and O–H groups in total. The Morgan fingerprint density at radius 2 is 2.19 bits per heavy atom. The van der Waals surface area contributed by atoms with Gasteiger partial charge >= 0.3 is 0 Å². The number of nitrogens with zero attached hydrogens (tertiary/aromatic N) is 2. The van der Waals surface area contributed by atoms with E-state index in [2.05, 4.69) is 5.10 Å². The maximum atomic E-state index is 13.2. The molecule has 0 aromatic heterocycles. The summed E-state index contributed by atoms with van der Waals surface area (Å²) in [5, 5.41) is 5.23. The number of hydrazone groups is 1. The minimum atomic E-state index is -0.457. The Bertz CT molecular complexity index is 471. The summed E-state index contributed by atoms with van der Waals surface area (Å²) in [6, 6.07) is 4.08. The van der Waals surface area contributed by atoms with Crippen LogP contribution in [0.2, 0.25) is 0 Å². The maximum absolute atomic E-state index is 13.2. The molecule has 0 atom stereocenters. The van der Waals surface area contributed by atoms with Crippen LogP contribution >= 0.6 is 0 Å². The van der Waals surface area contributed by atoms with Gasteiger partial charge in [-0.2, -0.15) is 5.10 Å². The monoisotopic (exact) mass is 222 g/mol. The van der Waals surface area contributed by atoms with Gasteiger partial charge in [0.05, 0.1) is 19.2 Å². The third-order valence-electron chi connectivity index (χ3n) is 2.25. The number of halogens is 1. The molecule has 0 fully saturated rings. The molecule has 5 heteroatoms. The van der Waals surface area contributed by atoms with Crippen molar-refractivity contribution >= 4 is 17.3 Å². The van der Waals surface area contributed by atoms with Crippen molar-refractivity contribution in [2.75, 3.05) is 12.1 Å². The summed E-state index contributed by atoms with van der Waals surface area (Å²) in [4.78, 5) is 11.5. The number of ether oxygens (including phenoxy) is 1. The molecular weight excluding hydrogens is 211 g/mol. The van der Waals surface area contributed by atoms with Gasteiger partial charge in [0.25, 0.3) is 5.91 Å². The summed E-state index contributed by atoms with van der Waals surface area (Å²) in [5.41, 5.74) is 1.10. The van der Waals surface area contributed by atoms with E-state index in [-0.39, 0.29) is 12.3 Å². The average molecular weight is 222 g/mol. The third-order valence-corrected chi connectivity index (χ3v) is 2.25. The molecule has 16 heavy (non-hydrogen) atoms. The number of benzene rings is 1. The summed E-state index contributed by atoms with van der Waals surface area (Å²) >= 11 is 0. The van der Waals surface area contributed by atoms with E-state index in [0.29, 0.717) is 17.1 Å². The summed E-state index contributed by atoms with van der Waals surface area (Å²) in [7, 11) is 1.44. The summed E-state index contributed by atoms with van der Waals surface area (Å²) in [5.74, 6) is -0.255. The topological polar surface area (TPSA) is 41.9 Å². The Morgan fingerprint density at radius 1 is 1.44 bits per heavy atom. The Kier molecular flexibility index (Phi) is 2.60. The average Bonchev–Trinajstić information content (AvgIpc) is 2.57. The molecule has 84 valence electrons. The number of rotatable bonds is 2. The van der Waals surface area contributed by atoms with Crippen molar-refractivity contribution in [3.63, 3.8) is 0 Å². The van der Waals surface area contributed by atoms with E-state index in [9.17, 15) is 9.18 Å². The molecule has 2 rings (SSSR count). The largest absolute Gasteiger partial charge is 0.497 e. The van der Waals surface area contributed by atoms with Crippen LogP contribution in [-0.2, 0) is 4.79 Å². The normalized spacial score (nSPS) is 15.3. The second-order valence-electron chi connectivity index (χ2n) is 3.57. The molecule has 0 unspecified atom stereocenters. The van der Waals surface area contributed by atoms with Crippen LogP contribution < -0.4 is 9.75 Å². The Labute approximate surface area is 92.3 Å². The van der Waals surface area contributed by atoms with Gasteiger partial charge in [-0.3, -0.25) is 4.79 Å². The van der Waals surface area contributed by atoms with Gasteiger partial charge in [-0.05, 0) is 13.0 Å². The maximum Gasteiger partial charge on any atom is 0.253 e. The smallest absolute Gasteiger partial charge is 0.253 e. The number of carbonyl (C=O) groups excluding carboxylic acids is 1. The molecule has 0 aliphatic carbocycles. The number of hydrogen-bond donors (Lipinski definition) is 0. The molecule has 4 nitrogen and oxygen atoms in total. The number of amides is 1. The van der Waals surface area contributed by atoms with Crippen molar-refractivity contribution in [1.82, 2.24) is 0 Å². The molecule has 0 radical (unpaired) electrons.